The van der Waals surface area contributed by atoms with Gasteiger partial charge in [0.15, 0.2) is 5.16 Å². The largest absolute Gasteiger partial charge is 0.338 e. The van der Waals surface area contributed by atoms with Crippen LogP contribution in [0.25, 0.3) is 17.1 Å². The van der Waals surface area contributed by atoms with Crippen molar-refractivity contribution >= 4 is 23.1 Å². The van der Waals surface area contributed by atoms with E-state index >= 15 is 0 Å². The molecule has 4 rings (SSSR count). The molecule has 25 heavy (non-hydrogen) atoms. The highest BCUT2D eigenvalue weighted by molar-refractivity contribution is 7.98. The first-order valence-corrected chi connectivity index (χ1v) is 9.72. The zero-order chi connectivity index (χ0) is 17.2. The van der Waals surface area contributed by atoms with Crippen LogP contribution >= 0.6 is 23.1 Å². The number of hydrogen-bond donors (Lipinski definition) is 0. The Bertz CT molecular complexity index is 988. The molecule has 0 bridgehead atoms. The molecule has 7 heteroatoms. The molecule has 3 aromatic heterocycles. The Morgan fingerprint density at radius 1 is 1.24 bits per heavy atom. The van der Waals surface area contributed by atoms with E-state index < -0.39 is 0 Å². The first-order valence-electron chi connectivity index (χ1n) is 7.79. The average molecular weight is 368 g/mol. The first-order chi connectivity index (χ1) is 12.2. The molecule has 0 aliphatic rings. The van der Waals surface area contributed by atoms with Crippen LogP contribution in [-0.4, -0.2) is 19.7 Å². The molecule has 0 saturated heterocycles. The van der Waals surface area contributed by atoms with E-state index in [2.05, 4.69) is 51.7 Å². The minimum Gasteiger partial charge on any atom is -0.338 e. The Labute approximate surface area is 153 Å². The maximum Gasteiger partial charge on any atom is 0.237 e. The van der Waals surface area contributed by atoms with E-state index in [4.69, 9.17) is 4.52 Å². The Balaban J connectivity index is 1.52. The summed E-state index contributed by atoms with van der Waals surface area (Å²) in [4.78, 5) is 8.92. The molecule has 0 N–H and O–H groups in total. The van der Waals surface area contributed by atoms with E-state index in [1.807, 2.05) is 29.2 Å². The second-order valence-corrected chi connectivity index (χ2v) is 7.40. The van der Waals surface area contributed by atoms with Gasteiger partial charge in [0.2, 0.25) is 11.7 Å². The number of aryl methyl sites for hydroxylation is 2. The van der Waals surface area contributed by atoms with Crippen molar-refractivity contribution < 1.29 is 4.52 Å². The molecule has 0 unspecified atom stereocenters. The molecule has 5 nitrogen and oxygen atoms in total. The standard InChI is InChI=1S/C18H16N4OS2/c1-12-3-4-15(13(2)9-12)22-7-6-19-18(22)25-11-16-20-17(21-23-16)14-5-8-24-10-14/h3-10H,11H2,1-2H3. The smallest absolute Gasteiger partial charge is 0.237 e. The van der Waals surface area contributed by atoms with Crippen molar-refractivity contribution in [3.05, 3.63) is 64.4 Å². The third-order valence-electron chi connectivity index (χ3n) is 3.79. The van der Waals surface area contributed by atoms with Gasteiger partial charge in [0.25, 0.3) is 0 Å². The highest BCUT2D eigenvalue weighted by Crippen LogP contribution is 2.26. The molecular formula is C18H16N4OS2. The quantitative estimate of drug-likeness (QED) is 0.469. The zero-order valence-electron chi connectivity index (χ0n) is 13.8. The predicted molar refractivity (Wildman–Crippen MR) is 100 cm³/mol. The first kappa shape index (κ1) is 16.1. The van der Waals surface area contributed by atoms with Gasteiger partial charge in [0.1, 0.15) is 0 Å². The van der Waals surface area contributed by atoms with E-state index in [0.717, 1.165) is 16.4 Å². The molecule has 4 aromatic rings. The Morgan fingerprint density at radius 2 is 2.16 bits per heavy atom. The van der Waals surface area contributed by atoms with Crippen LogP contribution in [0.5, 0.6) is 0 Å². The number of imidazole rings is 1. The lowest BCUT2D eigenvalue weighted by Gasteiger charge is -2.10. The number of benzene rings is 1. The maximum absolute atomic E-state index is 5.36. The van der Waals surface area contributed by atoms with Crippen molar-refractivity contribution in [1.29, 1.82) is 0 Å². The van der Waals surface area contributed by atoms with Crippen molar-refractivity contribution in [3.8, 4) is 17.1 Å². The van der Waals surface area contributed by atoms with Gasteiger partial charge in [-0.3, -0.25) is 4.57 Å². The Morgan fingerprint density at radius 3 is 2.96 bits per heavy atom. The second kappa shape index (κ2) is 6.85. The molecule has 0 saturated carbocycles. The van der Waals surface area contributed by atoms with Crippen molar-refractivity contribution in [2.24, 2.45) is 0 Å². The third-order valence-corrected chi connectivity index (χ3v) is 5.43. The Hall–Kier alpha value is -2.38. The third kappa shape index (κ3) is 3.38. The summed E-state index contributed by atoms with van der Waals surface area (Å²) in [5.74, 6) is 1.81. The lowest BCUT2D eigenvalue weighted by atomic mass is 10.1. The normalized spacial score (nSPS) is 11.1. The van der Waals surface area contributed by atoms with Crippen LogP contribution < -0.4 is 0 Å². The summed E-state index contributed by atoms with van der Waals surface area (Å²) in [5.41, 5.74) is 4.59. The fraction of sp³-hybridized carbons (Fsp3) is 0.167. The van der Waals surface area contributed by atoms with E-state index in [1.165, 1.54) is 11.1 Å². The molecule has 3 heterocycles. The summed E-state index contributed by atoms with van der Waals surface area (Å²) in [6.45, 7) is 4.21. The second-order valence-electron chi connectivity index (χ2n) is 5.68. The summed E-state index contributed by atoms with van der Waals surface area (Å²) in [7, 11) is 0. The minimum absolute atomic E-state index is 0.582. The lowest BCUT2D eigenvalue weighted by Crippen LogP contribution is -1.98. The van der Waals surface area contributed by atoms with Crippen LogP contribution in [0.15, 0.2) is 57.1 Å². The predicted octanol–water partition coefficient (Wildman–Crippen LogP) is 4.89. The van der Waals surface area contributed by atoms with Crippen LogP contribution in [0.4, 0.5) is 0 Å². The van der Waals surface area contributed by atoms with Crippen LogP contribution in [0, 0.1) is 13.8 Å². The van der Waals surface area contributed by atoms with Gasteiger partial charge in [-0.2, -0.15) is 16.3 Å². The van der Waals surface area contributed by atoms with E-state index in [9.17, 15) is 0 Å². The van der Waals surface area contributed by atoms with Crippen molar-refractivity contribution in [3.63, 3.8) is 0 Å². The monoisotopic (exact) mass is 368 g/mol. The van der Waals surface area contributed by atoms with Crippen LogP contribution in [0.3, 0.4) is 0 Å². The van der Waals surface area contributed by atoms with Gasteiger partial charge in [-0.1, -0.05) is 34.6 Å². The van der Waals surface area contributed by atoms with Crippen LogP contribution in [0.1, 0.15) is 17.0 Å². The molecule has 0 atom stereocenters. The summed E-state index contributed by atoms with van der Waals surface area (Å²) < 4.78 is 7.45. The van der Waals surface area contributed by atoms with Crippen LogP contribution in [-0.2, 0) is 5.75 Å². The molecule has 0 aliphatic heterocycles. The van der Waals surface area contributed by atoms with E-state index in [0.29, 0.717) is 17.5 Å². The van der Waals surface area contributed by atoms with Gasteiger partial charge < -0.3 is 4.52 Å². The molecule has 1 aromatic carbocycles. The van der Waals surface area contributed by atoms with Gasteiger partial charge in [-0.25, -0.2) is 4.98 Å². The van der Waals surface area contributed by atoms with Gasteiger partial charge >= 0.3 is 0 Å². The number of thioether (sulfide) groups is 1. The van der Waals surface area contributed by atoms with Gasteiger partial charge in [0.05, 0.1) is 11.4 Å². The fourth-order valence-electron chi connectivity index (χ4n) is 2.60. The highest BCUT2D eigenvalue weighted by Gasteiger charge is 2.12. The fourth-order valence-corrected chi connectivity index (χ4v) is 4.04. The highest BCUT2D eigenvalue weighted by atomic mass is 32.2. The van der Waals surface area contributed by atoms with Gasteiger partial charge in [-0.15, -0.1) is 0 Å². The number of hydrogen-bond acceptors (Lipinski definition) is 6. The average Bonchev–Trinajstić information content (AvgIpc) is 3.34. The lowest BCUT2D eigenvalue weighted by molar-refractivity contribution is 0.391. The zero-order valence-corrected chi connectivity index (χ0v) is 15.5. The molecule has 0 spiro atoms. The number of thiophene rings is 1. The summed E-state index contributed by atoms with van der Waals surface area (Å²) >= 11 is 3.20. The van der Waals surface area contributed by atoms with Gasteiger partial charge in [0, 0.05) is 23.3 Å². The van der Waals surface area contributed by atoms with Crippen molar-refractivity contribution in [2.75, 3.05) is 0 Å². The molecular weight excluding hydrogens is 352 g/mol. The van der Waals surface area contributed by atoms with Crippen molar-refractivity contribution in [1.82, 2.24) is 19.7 Å². The van der Waals surface area contributed by atoms with Gasteiger partial charge in [-0.05, 0) is 36.9 Å². The Kier molecular flexibility index (Phi) is 4.42. The summed E-state index contributed by atoms with van der Waals surface area (Å²) in [6, 6.07) is 8.40. The molecule has 0 radical (unpaired) electrons. The number of nitrogens with zero attached hydrogens (tertiary/aromatic N) is 4. The van der Waals surface area contributed by atoms with E-state index in [-0.39, 0.29) is 0 Å². The van der Waals surface area contributed by atoms with Crippen LogP contribution in [0.2, 0.25) is 0 Å². The SMILES string of the molecule is Cc1ccc(-n2ccnc2SCc2nc(-c3ccsc3)no2)c(C)c1. The minimum atomic E-state index is 0.582. The molecule has 0 fully saturated rings. The maximum atomic E-state index is 5.36. The van der Waals surface area contributed by atoms with Crippen molar-refractivity contribution in [2.45, 2.75) is 24.8 Å². The molecule has 0 aliphatic carbocycles. The summed E-state index contributed by atoms with van der Waals surface area (Å²) in [6.07, 6.45) is 3.79. The molecule has 0 amide bonds. The number of aromatic nitrogens is 4. The number of rotatable bonds is 5. The summed E-state index contributed by atoms with van der Waals surface area (Å²) in [5, 5.41) is 8.96. The molecule has 126 valence electrons. The van der Waals surface area contributed by atoms with E-state index in [1.54, 1.807) is 23.1 Å². The topological polar surface area (TPSA) is 56.7 Å².